The second-order valence-corrected chi connectivity index (χ2v) is 10.8. The molecule has 1 atom stereocenters. The SMILES string of the molecule is CC(F)(F)COc1ccc(C2=C(c3ccc(OC4CCN(CCCF)C4)cc3)c3ccc(O)cc3CCC2)cc1. The minimum Gasteiger partial charge on any atom is -0.508 e. The van der Waals surface area contributed by atoms with E-state index in [-0.39, 0.29) is 18.5 Å². The summed E-state index contributed by atoms with van der Waals surface area (Å²) in [7, 11) is 0. The normalized spacial score (nSPS) is 17.9. The van der Waals surface area contributed by atoms with Gasteiger partial charge in [-0.25, -0.2) is 8.78 Å². The zero-order valence-corrected chi connectivity index (χ0v) is 22.8. The highest BCUT2D eigenvalue weighted by Gasteiger charge is 2.25. The number of nitrogens with zero attached hydrogens (tertiary/aromatic N) is 1. The lowest BCUT2D eigenvalue weighted by Gasteiger charge is -2.19. The third-order valence-corrected chi connectivity index (χ3v) is 7.51. The summed E-state index contributed by atoms with van der Waals surface area (Å²) in [5, 5.41) is 10.2. The summed E-state index contributed by atoms with van der Waals surface area (Å²) in [6, 6.07) is 21.0. The van der Waals surface area contributed by atoms with Crippen molar-refractivity contribution in [2.75, 3.05) is 32.9 Å². The Kier molecular flexibility index (Phi) is 8.69. The van der Waals surface area contributed by atoms with Crippen molar-refractivity contribution in [3.63, 3.8) is 0 Å². The van der Waals surface area contributed by atoms with Crippen LogP contribution < -0.4 is 9.47 Å². The molecule has 3 aromatic carbocycles. The van der Waals surface area contributed by atoms with Crippen LogP contribution in [0.3, 0.4) is 0 Å². The van der Waals surface area contributed by atoms with E-state index in [1.54, 1.807) is 18.2 Å². The highest BCUT2D eigenvalue weighted by molar-refractivity contribution is 6.00. The number of likely N-dealkylation sites (tertiary alicyclic amines) is 1. The van der Waals surface area contributed by atoms with Crippen LogP contribution in [-0.2, 0) is 6.42 Å². The lowest BCUT2D eigenvalue weighted by atomic mass is 9.88. The number of benzene rings is 3. The van der Waals surface area contributed by atoms with E-state index in [2.05, 4.69) is 17.0 Å². The molecule has 0 radical (unpaired) electrons. The lowest BCUT2D eigenvalue weighted by molar-refractivity contribution is -0.0229. The van der Waals surface area contributed by atoms with Gasteiger partial charge in [0.25, 0.3) is 5.92 Å². The number of hydrogen-bond donors (Lipinski definition) is 1. The Balaban J connectivity index is 1.43. The first-order valence-electron chi connectivity index (χ1n) is 14.0. The van der Waals surface area contributed by atoms with E-state index >= 15 is 0 Å². The Morgan fingerprint density at radius 2 is 1.68 bits per heavy atom. The zero-order chi connectivity index (χ0) is 28.1. The highest BCUT2D eigenvalue weighted by Crippen LogP contribution is 2.41. The number of phenolic OH excluding ortho intramolecular Hbond substituents is 1. The zero-order valence-electron chi connectivity index (χ0n) is 22.8. The Labute approximate surface area is 234 Å². The van der Waals surface area contributed by atoms with Gasteiger partial charge in [-0.2, -0.15) is 0 Å². The average Bonchev–Trinajstić information content (AvgIpc) is 3.30. The molecule has 0 spiro atoms. The highest BCUT2D eigenvalue weighted by atomic mass is 19.3. The molecule has 3 aromatic rings. The fourth-order valence-electron chi connectivity index (χ4n) is 5.63. The standard InChI is InChI=1S/C33H36F3NO3/c1-33(35,36)22-39-27-11-6-23(7-12-27)30-5-2-4-25-20-26(38)10-15-31(25)32(30)24-8-13-28(14-9-24)40-29-16-19-37(21-29)18-3-17-34/h6-15,20,29,38H,2-5,16-19,21-22H2,1H3. The van der Waals surface area contributed by atoms with Crippen molar-refractivity contribution >= 4 is 11.1 Å². The molecular weight excluding hydrogens is 515 g/mol. The van der Waals surface area contributed by atoms with Crippen LogP contribution in [0.25, 0.3) is 11.1 Å². The van der Waals surface area contributed by atoms with Gasteiger partial charge in [0.05, 0.1) is 6.67 Å². The summed E-state index contributed by atoms with van der Waals surface area (Å²) in [5.74, 6) is -1.44. The van der Waals surface area contributed by atoms with Gasteiger partial charge in [0.2, 0.25) is 0 Å². The van der Waals surface area contributed by atoms with Gasteiger partial charge < -0.3 is 14.6 Å². The third-order valence-electron chi connectivity index (χ3n) is 7.51. The van der Waals surface area contributed by atoms with Crippen molar-refractivity contribution in [3.05, 3.63) is 89.0 Å². The lowest BCUT2D eigenvalue weighted by Crippen LogP contribution is -2.26. The number of aromatic hydroxyl groups is 1. The molecule has 7 heteroatoms. The van der Waals surface area contributed by atoms with Crippen molar-refractivity contribution in [3.8, 4) is 17.2 Å². The smallest absolute Gasteiger partial charge is 0.278 e. The topological polar surface area (TPSA) is 41.9 Å². The van der Waals surface area contributed by atoms with Crippen LogP contribution in [0.15, 0.2) is 66.7 Å². The van der Waals surface area contributed by atoms with Crippen molar-refractivity contribution in [2.24, 2.45) is 0 Å². The molecule has 2 aliphatic rings. The monoisotopic (exact) mass is 551 g/mol. The minimum atomic E-state index is -2.90. The first-order valence-corrected chi connectivity index (χ1v) is 14.0. The predicted molar refractivity (Wildman–Crippen MR) is 152 cm³/mol. The molecule has 1 N–H and O–H groups in total. The molecule has 4 nitrogen and oxygen atoms in total. The Hall–Kier alpha value is -3.45. The maximum absolute atomic E-state index is 13.3. The molecule has 5 rings (SSSR count). The molecule has 0 aromatic heterocycles. The van der Waals surface area contributed by atoms with Gasteiger partial charge in [-0.1, -0.05) is 30.3 Å². The molecule has 0 saturated carbocycles. The third kappa shape index (κ3) is 7.00. The molecule has 212 valence electrons. The maximum Gasteiger partial charge on any atom is 0.278 e. The fraction of sp³-hybridized carbons (Fsp3) is 0.394. The van der Waals surface area contributed by atoms with Gasteiger partial charge in [-0.3, -0.25) is 9.29 Å². The molecule has 1 saturated heterocycles. The van der Waals surface area contributed by atoms with Crippen LogP contribution >= 0.6 is 0 Å². The van der Waals surface area contributed by atoms with E-state index in [1.165, 1.54) is 0 Å². The second-order valence-electron chi connectivity index (χ2n) is 10.8. The number of fused-ring (bicyclic) bond motifs is 1. The molecule has 1 aliphatic heterocycles. The number of alkyl halides is 3. The number of aryl methyl sites for hydroxylation is 1. The van der Waals surface area contributed by atoms with Gasteiger partial charge in [0.1, 0.15) is 23.4 Å². The van der Waals surface area contributed by atoms with Crippen LogP contribution in [0, 0.1) is 0 Å². The van der Waals surface area contributed by atoms with Crippen LogP contribution in [-0.4, -0.2) is 54.9 Å². The summed E-state index contributed by atoms with van der Waals surface area (Å²) in [5.41, 5.74) is 6.46. The van der Waals surface area contributed by atoms with Crippen molar-refractivity contribution < 1.29 is 27.8 Å². The minimum absolute atomic E-state index is 0.0928. The summed E-state index contributed by atoms with van der Waals surface area (Å²) < 4.78 is 50.6. The van der Waals surface area contributed by atoms with Crippen molar-refractivity contribution in [1.29, 1.82) is 0 Å². The molecule has 40 heavy (non-hydrogen) atoms. The Morgan fingerprint density at radius 1 is 0.950 bits per heavy atom. The molecule has 1 fully saturated rings. The Bertz CT molecular complexity index is 1320. The number of ether oxygens (including phenoxy) is 2. The second kappa shape index (κ2) is 12.4. The van der Waals surface area contributed by atoms with Gasteiger partial charge in [-0.05, 0) is 102 Å². The number of allylic oxidation sites excluding steroid dienone is 1. The fourth-order valence-corrected chi connectivity index (χ4v) is 5.63. The Morgan fingerprint density at radius 3 is 2.40 bits per heavy atom. The van der Waals surface area contributed by atoms with E-state index < -0.39 is 12.5 Å². The number of phenols is 1. The first-order chi connectivity index (χ1) is 19.3. The first kappa shape index (κ1) is 28.1. The van der Waals surface area contributed by atoms with E-state index in [0.717, 1.165) is 91.4 Å². The predicted octanol–water partition coefficient (Wildman–Crippen LogP) is 7.53. The van der Waals surface area contributed by atoms with Gasteiger partial charge in [-0.15, -0.1) is 0 Å². The van der Waals surface area contributed by atoms with Gasteiger partial charge in [0, 0.05) is 26.6 Å². The maximum atomic E-state index is 13.3. The number of rotatable bonds is 10. The van der Waals surface area contributed by atoms with Crippen LogP contribution in [0.2, 0.25) is 0 Å². The average molecular weight is 552 g/mol. The quantitative estimate of drug-likeness (QED) is 0.283. The van der Waals surface area contributed by atoms with E-state index in [0.29, 0.717) is 12.2 Å². The molecule has 1 aliphatic carbocycles. The number of hydrogen-bond acceptors (Lipinski definition) is 4. The largest absolute Gasteiger partial charge is 0.508 e. The summed E-state index contributed by atoms with van der Waals surface area (Å²) in [4.78, 5) is 2.25. The molecule has 1 heterocycles. The van der Waals surface area contributed by atoms with Crippen molar-refractivity contribution in [1.82, 2.24) is 4.90 Å². The molecular formula is C33H36F3NO3. The van der Waals surface area contributed by atoms with Gasteiger partial charge >= 0.3 is 0 Å². The van der Waals surface area contributed by atoms with E-state index in [9.17, 15) is 18.3 Å². The van der Waals surface area contributed by atoms with Gasteiger partial charge in [0.15, 0.2) is 6.61 Å². The molecule has 1 unspecified atom stereocenters. The van der Waals surface area contributed by atoms with E-state index in [4.69, 9.17) is 9.47 Å². The van der Waals surface area contributed by atoms with Crippen LogP contribution in [0.4, 0.5) is 13.2 Å². The summed E-state index contributed by atoms with van der Waals surface area (Å²) >= 11 is 0. The molecule has 0 bridgehead atoms. The van der Waals surface area contributed by atoms with E-state index in [1.807, 2.05) is 36.4 Å². The molecule has 0 amide bonds. The summed E-state index contributed by atoms with van der Waals surface area (Å²) in [6.07, 6.45) is 4.16. The van der Waals surface area contributed by atoms with Crippen LogP contribution in [0.1, 0.15) is 54.9 Å². The number of halogens is 3. The van der Waals surface area contributed by atoms with Crippen LogP contribution in [0.5, 0.6) is 17.2 Å². The van der Waals surface area contributed by atoms with Crippen molar-refractivity contribution in [2.45, 2.75) is 51.1 Å². The summed E-state index contributed by atoms with van der Waals surface area (Å²) in [6.45, 7) is 2.38.